The van der Waals surface area contributed by atoms with Crippen molar-refractivity contribution in [1.29, 1.82) is 0 Å². The molecule has 0 fully saturated rings. The Morgan fingerprint density at radius 1 is 0.421 bits per heavy atom. The summed E-state index contributed by atoms with van der Waals surface area (Å²) < 4.78 is 15.4. The van der Waals surface area contributed by atoms with E-state index < -0.39 is 0 Å². The van der Waals surface area contributed by atoms with E-state index in [1.54, 1.807) is 0 Å². The number of nitrogens with zero attached hydrogens (tertiary/aromatic N) is 4. The summed E-state index contributed by atoms with van der Waals surface area (Å²) in [6, 6.07) is 55.0. The van der Waals surface area contributed by atoms with Gasteiger partial charge < -0.3 is 13.4 Å². The fraction of sp³-hybridized carbons (Fsp3) is 0.0392. The summed E-state index contributed by atoms with van der Waals surface area (Å²) in [5.74, 6) is 1.70. The molecule has 0 saturated heterocycles. The third-order valence-electron chi connectivity index (χ3n) is 11.6. The van der Waals surface area contributed by atoms with Crippen molar-refractivity contribution in [3.05, 3.63) is 169 Å². The van der Waals surface area contributed by atoms with Crippen molar-refractivity contribution < 1.29 is 8.83 Å². The smallest absolute Gasteiger partial charge is 0.167 e. The first-order valence-electron chi connectivity index (χ1n) is 19.2. The normalized spacial score (nSPS) is 12.0. The van der Waals surface area contributed by atoms with Crippen LogP contribution < -0.4 is 0 Å². The summed E-state index contributed by atoms with van der Waals surface area (Å²) in [6.45, 7) is 4.24. The fourth-order valence-electron chi connectivity index (χ4n) is 8.59. The zero-order valence-corrected chi connectivity index (χ0v) is 31.1. The first-order valence-corrected chi connectivity index (χ1v) is 19.2. The second kappa shape index (κ2) is 12.0. The van der Waals surface area contributed by atoms with Gasteiger partial charge >= 0.3 is 0 Å². The average molecular weight is 733 g/mol. The molecule has 4 heterocycles. The highest BCUT2D eigenvalue weighted by atomic mass is 16.3. The van der Waals surface area contributed by atoms with E-state index in [1.165, 1.54) is 32.7 Å². The number of rotatable bonds is 4. The van der Waals surface area contributed by atoms with Crippen molar-refractivity contribution in [3.8, 4) is 39.9 Å². The van der Waals surface area contributed by atoms with Gasteiger partial charge in [-0.2, -0.15) is 0 Å². The largest absolute Gasteiger partial charge is 0.456 e. The van der Waals surface area contributed by atoms with Crippen LogP contribution in [0.25, 0.3) is 116 Å². The maximum atomic E-state index is 6.87. The van der Waals surface area contributed by atoms with Gasteiger partial charge in [-0.1, -0.05) is 91.0 Å². The molecular weight excluding hydrogens is 701 g/mol. The number of benzene rings is 8. The summed E-state index contributed by atoms with van der Waals surface area (Å²) >= 11 is 0. The minimum Gasteiger partial charge on any atom is -0.456 e. The maximum absolute atomic E-state index is 6.87. The number of furan rings is 2. The van der Waals surface area contributed by atoms with Crippen LogP contribution in [0, 0.1) is 13.8 Å². The van der Waals surface area contributed by atoms with E-state index in [9.17, 15) is 0 Å². The second-order valence-electron chi connectivity index (χ2n) is 14.9. The predicted octanol–water partition coefficient (Wildman–Crippen LogP) is 13.5. The van der Waals surface area contributed by atoms with Crippen molar-refractivity contribution in [2.45, 2.75) is 13.8 Å². The molecule has 0 unspecified atom stereocenters. The van der Waals surface area contributed by atoms with Crippen molar-refractivity contribution >= 4 is 76.5 Å². The molecule has 57 heavy (non-hydrogen) atoms. The molecule has 0 radical (unpaired) electrons. The van der Waals surface area contributed by atoms with Crippen molar-refractivity contribution in [2.24, 2.45) is 0 Å². The topological polar surface area (TPSA) is 69.9 Å². The molecule has 0 aliphatic rings. The fourth-order valence-corrected chi connectivity index (χ4v) is 8.59. The molecule has 0 aliphatic carbocycles. The molecule has 8 aromatic carbocycles. The molecule has 0 amide bonds. The number of hydrogen-bond donors (Lipinski definition) is 0. The quantitative estimate of drug-likeness (QED) is 0.180. The summed E-state index contributed by atoms with van der Waals surface area (Å²) in [7, 11) is 0. The van der Waals surface area contributed by atoms with Crippen LogP contribution in [-0.4, -0.2) is 19.5 Å². The summed E-state index contributed by atoms with van der Waals surface area (Å²) in [6.07, 6.45) is 0. The number of para-hydroxylation sites is 3. The molecule has 12 aromatic rings. The Kier molecular flexibility index (Phi) is 6.66. The van der Waals surface area contributed by atoms with Gasteiger partial charge in [0.25, 0.3) is 0 Å². The van der Waals surface area contributed by atoms with Gasteiger partial charge in [0.2, 0.25) is 0 Å². The lowest BCUT2D eigenvalue weighted by Crippen LogP contribution is -2.01. The number of hydrogen-bond acceptors (Lipinski definition) is 5. The van der Waals surface area contributed by atoms with Crippen LogP contribution in [0.15, 0.2) is 167 Å². The summed E-state index contributed by atoms with van der Waals surface area (Å²) in [4.78, 5) is 15.6. The van der Waals surface area contributed by atoms with E-state index in [1.807, 2.05) is 42.5 Å². The van der Waals surface area contributed by atoms with Gasteiger partial charge in [-0.25, -0.2) is 15.0 Å². The van der Waals surface area contributed by atoms with E-state index in [0.29, 0.717) is 17.5 Å². The van der Waals surface area contributed by atoms with Crippen LogP contribution in [0.5, 0.6) is 0 Å². The molecule has 0 spiro atoms. The van der Waals surface area contributed by atoms with E-state index in [4.69, 9.17) is 23.8 Å². The Morgan fingerprint density at radius 2 is 1.05 bits per heavy atom. The van der Waals surface area contributed by atoms with Crippen LogP contribution in [0.2, 0.25) is 0 Å². The minimum atomic E-state index is 0.536. The van der Waals surface area contributed by atoms with Gasteiger partial charge in [-0.15, -0.1) is 0 Å². The highest BCUT2D eigenvalue weighted by Gasteiger charge is 2.23. The van der Waals surface area contributed by atoms with Crippen LogP contribution in [0.4, 0.5) is 0 Å². The molecule has 268 valence electrons. The maximum Gasteiger partial charge on any atom is 0.167 e. The lowest BCUT2D eigenvalue weighted by molar-refractivity contribution is 0.669. The van der Waals surface area contributed by atoms with Crippen LogP contribution in [0.1, 0.15) is 11.1 Å². The van der Waals surface area contributed by atoms with Gasteiger partial charge in [0.15, 0.2) is 17.5 Å². The van der Waals surface area contributed by atoms with Gasteiger partial charge in [-0.05, 0) is 102 Å². The Bertz CT molecular complexity index is 3630. The molecule has 0 bridgehead atoms. The highest BCUT2D eigenvalue weighted by molar-refractivity contribution is 6.18. The van der Waals surface area contributed by atoms with Gasteiger partial charge in [0, 0.05) is 38.1 Å². The molecule has 0 atom stereocenters. The number of fused-ring (bicyclic) bond motifs is 10. The van der Waals surface area contributed by atoms with Gasteiger partial charge in [-0.3, -0.25) is 0 Å². The van der Waals surface area contributed by atoms with Crippen molar-refractivity contribution in [1.82, 2.24) is 19.5 Å². The molecule has 0 aliphatic heterocycles. The third kappa shape index (κ3) is 4.80. The molecule has 4 aromatic heterocycles. The lowest BCUT2D eigenvalue weighted by Gasteiger charge is -2.13. The van der Waals surface area contributed by atoms with E-state index in [0.717, 1.165) is 77.3 Å². The Labute approximate surface area is 326 Å². The van der Waals surface area contributed by atoms with E-state index >= 15 is 0 Å². The zero-order chi connectivity index (χ0) is 37.8. The van der Waals surface area contributed by atoms with Gasteiger partial charge in [0.05, 0.1) is 27.7 Å². The Hall–Kier alpha value is -7.57. The first-order chi connectivity index (χ1) is 28.1. The predicted molar refractivity (Wildman–Crippen MR) is 232 cm³/mol. The monoisotopic (exact) mass is 732 g/mol. The number of aromatic nitrogens is 4. The zero-order valence-electron chi connectivity index (χ0n) is 31.1. The summed E-state index contributed by atoms with van der Waals surface area (Å²) in [5.41, 5.74) is 11.5. The molecule has 6 nitrogen and oxygen atoms in total. The Morgan fingerprint density at radius 3 is 1.86 bits per heavy atom. The lowest BCUT2D eigenvalue weighted by atomic mass is 10.0. The van der Waals surface area contributed by atoms with Crippen LogP contribution in [0.3, 0.4) is 0 Å². The minimum absolute atomic E-state index is 0.536. The molecule has 6 heteroatoms. The first kappa shape index (κ1) is 31.7. The van der Waals surface area contributed by atoms with Crippen molar-refractivity contribution in [3.63, 3.8) is 0 Å². The van der Waals surface area contributed by atoms with Gasteiger partial charge in [0.1, 0.15) is 22.3 Å². The Balaban J connectivity index is 1.14. The molecule has 0 saturated carbocycles. The highest BCUT2D eigenvalue weighted by Crippen LogP contribution is 2.43. The third-order valence-corrected chi connectivity index (χ3v) is 11.6. The van der Waals surface area contributed by atoms with Crippen molar-refractivity contribution in [2.75, 3.05) is 0 Å². The van der Waals surface area contributed by atoms with E-state index in [-0.39, 0.29) is 0 Å². The number of aryl methyl sites for hydroxylation is 2. The van der Waals surface area contributed by atoms with E-state index in [2.05, 4.69) is 134 Å². The average Bonchev–Trinajstić information content (AvgIpc) is 3.93. The molecular formula is C51H32N4O2. The van der Waals surface area contributed by atoms with Crippen LogP contribution in [-0.2, 0) is 0 Å². The molecule has 0 N–H and O–H groups in total. The summed E-state index contributed by atoms with van der Waals surface area (Å²) in [5, 5.41) is 8.90. The van der Waals surface area contributed by atoms with Crippen LogP contribution >= 0.6 is 0 Å². The standard InChI is InChI=1S/C51H32N4O2/c1-29-19-20-33(25-30(29)2)49-52-50(34-21-24-46-40(27-34)36-14-6-9-17-44(36)56-46)54-51(53-49)38-22-23-42(47-37-15-7-10-18-45(37)57-48(38)47)55-41-16-8-5-13-35(41)39-26-31-11-3-4-12-32(31)28-43(39)55/h3-28H,1-2H3. The second-order valence-corrected chi connectivity index (χ2v) is 14.9. The molecule has 12 rings (SSSR count). The SMILES string of the molecule is Cc1ccc(-c2nc(-c3ccc4oc5ccccc5c4c3)nc(-c3ccc(-n4c5ccccc5c5cc6ccccc6cc54)c4c3oc3ccccc34)n2)cc1C.